The Labute approximate surface area is 162 Å². The number of anilines is 1. The third kappa shape index (κ3) is 4.20. The lowest BCUT2D eigenvalue weighted by atomic mass is 9.69. The second-order valence-corrected chi connectivity index (χ2v) is 9.09. The van der Waals surface area contributed by atoms with E-state index < -0.39 is 28.9 Å². The maximum absolute atomic E-state index is 14.7. The van der Waals surface area contributed by atoms with E-state index in [9.17, 15) is 13.6 Å². The van der Waals surface area contributed by atoms with Crippen LogP contribution in [0.4, 0.5) is 19.3 Å². The van der Waals surface area contributed by atoms with Crippen molar-refractivity contribution in [3.8, 4) is 0 Å². The Balaban J connectivity index is 2.00. The van der Waals surface area contributed by atoms with Crippen molar-refractivity contribution in [2.24, 2.45) is 10.9 Å². The van der Waals surface area contributed by atoms with Crippen LogP contribution in [0, 0.1) is 17.6 Å². The number of hydrogen-bond acceptors (Lipinski definition) is 5. The van der Waals surface area contributed by atoms with E-state index in [4.69, 9.17) is 15.5 Å². The number of aliphatic imine (C=N–C) groups is 1. The Bertz CT molecular complexity index is 779. The van der Waals surface area contributed by atoms with Crippen molar-refractivity contribution in [3.05, 3.63) is 29.3 Å². The number of hydrogen-bond donors (Lipinski definition) is 2. The Morgan fingerprint density at radius 3 is 2.81 bits per heavy atom. The summed E-state index contributed by atoms with van der Waals surface area (Å²) in [5.74, 6) is -1.18. The molecule has 1 heterocycles. The van der Waals surface area contributed by atoms with Crippen LogP contribution in [0.2, 0.25) is 0 Å². The number of halogens is 2. The van der Waals surface area contributed by atoms with E-state index in [1.165, 1.54) is 17.8 Å². The predicted molar refractivity (Wildman–Crippen MR) is 104 cm³/mol. The summed E-state index contributed by atoms with van der Waals surface area (Å²) >= 11 is 1.40. The first-order chi connectivity index (χ1) is 12.6. The summed E-state index contributed by atoms with van der Waals surface area (Å²) in [5.41, 5.74) is 4.56. The van der Waals surface area contributed by atoms with Crippen LogP contribution in [0.15, 0.2) is 17.1 Å². The number of nitrogens with zero attached hydrogens (tertiary/aromatic N) is 1. The maximum Gasteiger partial charge on any atom is 0.413 e. The molecule has 3 N–H and O–H groups in total. The molecule has 0 aromatic heterocycles. The third-order valence-electron chi connectivity index (χ3n) is 4.88. The number of nitrogen functional groups attached to an aromatic ring is 1. The van der Waals surface area contributed by atoms with Gasteiger partial charge in [-0.3, -0.25) is 10.3 Å². The number of alkyl carbamates (subject to hydrolysis) is 1. The molecule has 0 radical (unpaired) electrons. The number of thioether (sulfide) groups is 1. The first-order valence-corrected chi connectivity index (χ1v) is 10.1. The first kappa shape index (κ1) is 19.9. The molecule has 1 aromatic rings. The highest BCUT2D eigenvalue weighted by atomic mass is 32.2. The Morgan fingerprint density at radius 2 is 2.11 bits per heavy atom. The fourth-order valence-corrected chi connectivity index (χ4v) is 4.97. The zero-order valence-corrected chi connectivity index (χ0v) is 16.6. The van der Waals surface area contributed by atoms with Gasteiger partial charge in [0.15, 0.2) is 16.8 Å². The van der Waals surface area contributed by atoms with Crippen LogP contribution in [0.1, 0.15) is 52.0 Å². The minimum atomic E-state index is -0.973. The van der Waals surface area contributed by atoms with E-state index in [-0.39, 0.29) is 17.2 Å². The molecule has 1 fully saturated rings. The molecule has 148 valence electrons. The van der Waals surface area contributed by atoms with Gasteiger partial charge < -0.3 is 10.5 Å². The molecule has 2 unspecified atom stereocenters. The van der Waals surface area contributed by atoms with Crippen molar-refractivity contribution in [2.45, 2.75) is 57.6 Å². The van der Waals surface area contributed by atoms with Crippen LogP contribution >= 0.6 is 11.8 Å². The van der Waals surface area contributed by atoms with Gasteiger partial charge in [-0.25, -0.2) is 13.6 Å². The van der Waals surface area contributed by atoms with Gasteiger partial charge in [-0.2, -0.15) is 0 Å². The lowest BCUT2D eigenvalue weighted by Gasteiger charge is -2.44. The molecule has 3 rings (SSSR count). The zero-order valence-electron chi connectivity index (χ0n) is 15.8. The molecule has 1 amide bonds. The molecule has 5 nitrogen and oxygen atoms in total. The van der Waals surface area contributed by atoms with E-state index in [1.54, 1.807) is 20.8 Å². The van der Waals surface area contributed by atoms with Crippen molar-refractivity contribution in [1.29, 1.82) is 0 Å². The number of nitrogens with two attached hydrogens (primary N) is 1. The topological polar surface area (TPSA) is 76.7 Å². The average Bonchev–Trinajstić information content (AvgIpc) is 2.56. The number of amidine groups is 1. The summed E-state index contributed by atoms with van der Waals surface area (Å²) < 4.78 is 34.0. The normalized spacial score (nSPS) is 25.4. The monoisotopic (exact) mass is 397 g/mol. The number of benzene rings is 1. The Morgan fingerprint density at radius 1 is 1.37 bits per heavy atom. The van der Waals surface area contributed by atoms with Gasteiger partial charge in [-0.1, -0.05) is 24.6 Å². The van der Waals surface area contributed by atoms with E-state index in [2.05, 4.69) is 5.32 Å². The van der Waals surface area contributed by atoms with Crippen LogP contribution in [0.5, 0.6) is 0 Å². The minimum absolute atomic E-state index is 0.0520. The van der Waals surface area contributed by atoms with Crippen molar-refractivity contribution in [3.63, 3.8) is 0 Å². The standard InChI is InChI=1S/C19H25F2N3O2S/c1-18(2,3)26-17(25)23-16-24-19(7-5-4-6-11(19)10-27-16)13-8-12(22)9-14(20)15(13)21/h8-9,11H,4-7,10,22H2,1-3H3,(H,23,24,25). The summed E-state index contributed by atoms with van der Waals surface area (Å²) in [5, 5.41) is 3.02. The molecule has 2 atom stereocenters. The SMILES string of the molecule is CC(C)(C)OC(=O)NC1=NC2(c3cc(N)cc(F)c3F)CCCCC2CS1. The van der Waals surface area contributed by atoms with Crippen molar-refractivity contribution < 1.29 is 18.3 Å². The molecule has 0 saturated heterocycles. The Hall–Kier alpha value is -1.83. The van der Waals surface area contributed by atoms with Crippen molar-refractivity contribution >= 4 is 28.7 Å². The molecule has 1 aromatic carbocycles. The van der Waals surface area contributed by atoms with Gasteiger partial charge in [-0.05, 0) is 51.7 Å². The summed E-state index contributed by atoms with van der Waals surface area (Å²) in [6, 6.07) is 2.45. The molecule has 1 aliphatic carbocycles. The van der Waals surface area contributed by atoms with E-state index >= 15 is 0 Å². The fraction of sp³-hybridized carbons (Fsp3) is 0.579. The van der Waals surface area contributed by atoms with E-state index in [0.29, 0.717) is 17.3 Å². The lowest BCUT2D eigenvalue weighted by molar-refractivity contribution is 0.0563. The summed E-state index contributed by atoms with van der Waals surface area (Å²) in [6.07, 6.45) is 2.70. The van der Waals surface area contributed by atoms with Crippen LogP contribution in [0.25, 0.3) is 0 Å². The van der Waals surface area contributed by atoms with Gasteiger partial charge in [0.25, 0.3) is 0 Å². The summed E-state index contributed by atoms with van der Waals surface area (Å²) in [4.78, 5) is 16.8. The quantitative estimate of drug-likeness (QED) is 0.681. The number of ether oxygens (including phenoxy) is 1. The molecule has 0 spiro atoms. The molecule has 2 aliphatic rings. The molecule has 8 heteroatoms. The number of carbonyl (C=O) groups excluding carboxylic acids is 1. The largest absolute Gasteiger partial charge is 0.444 e. The highest BCUT2D eigenvalue weighted by Crippen LogP contribution is 2.50. The fourth-order valence-electron chi connectivity index (χ4n) is 3.78. The van der Waals surface area contributed by atoms with Gasteiger partial charge in [0.05, 0.1) is 5.54 Å². The number of amides is 1. The molecular weight excluding hydrogens is 372 g/mol. The second-order valence-electron chi connectivity index (χ2n) is 8.09. The van der Waals surface area contributed by atoms with E-state index in [1.807, 2.05) is 0 Å². The predicted octanol–water partition coefficient (Wildman–Crippen LogP) is 4.56. The number of nitrogens with one attached hydrogen (secondary N) is 1. The van der Waals surface area contributed by atoms with Crippen LogP contribution in [-0.2, 0) is 10.3 Å². The smallest absolute Gasteiger partial charge is 0.413 e. The van der Waals surface area contributed by atoms with Gasteiger partial charge in [0.1, 0.15) is 5.60 Å². The van der Waals surface area contributed by atoms with Gasteiger partial charge in [0.2, 0.25) is 0 Å². The second kappa shape index (κ2) is 7.30. The number of rotatable bonds is 1. The highest BCUT2D eigenvalue weighted by Gasteiger charge is 2.47. The first-order valence-electron chi connectivity index (χ1n) is 9.08. The lowest BCUT2D eigenvalue weighted by Crippen LogP contribution is -2.45. The van der Waals surface area contributed by atoms with Gasteiger partial charge in [-0.15, -0.1) is 0 Å². The Kier molecular flexibility index (Phi) is 5.38. The minimum Gasteiger partial charge on any atom is -0.444 e. The van der Waals surface area contributed by atoms with Crippen LogP contribution in [0.3, 0.4) is 0 Å². The molecule has 27 heavy (non-hydrogen) atoms. The van der Waals surface area contributed by atoms with Crippen LogP contribution in [-0.4, -0.2) is 22.6 Å². The summed E-state index contributed by atoms with van der Waals surface area (Å²) in [6.45, 7) is 5.31. The number of carbonyl (C=O) groups is 1. The molecule has 0 bridgehead atoms. The maximum atomic E-state index is 14.7. The highest BCUT2D eigenvalue weighted by molar-refractivity contribution is 8.13. The van der Waals surface area contributed by atoms with Crippen molar-refractivity contribution in [2.75, 3.05) is 11.5 Å². The van der Waals surface area contributed by atoms with Crippen LogP contribution < -0.4 is 11.1 Å². The zero-order chi connectivity index (χ0) is 19.8. The molecule has 1 aliphatic heterocycles. The average molecular weight is 397 g/mol. The van der Waals surface area contributed by atoms with Gasteiger partial charge >= 0.3 is 6.09 Å². The van der Waals surface area contributed by atoms with E-state index in [0.717, 1.165) is 25.3 Å². The van der Waals surface area contributed by atoms with Gasteiger partial charge in [0, 0.05) is 17.0 Å². The third-order valence-corrected chi connectivity index (χ3v) is 5.92. The molecular formula is C19H25F2N3O2S. The molecule has 1 saturated carbocycles. The summed E-state index contributed by atoms with van der Waals surface area (Å²) in [7, 11) is 0. The van der Waals surface area contributed by atoms with Crippen molar-refractivity contribution in [1.82, 2.24) is 5.32 Å². The number of fused-ring (bicyclic) bond motifs is 1.